The molecule has 0 aliphatic carbocycles. The van der Waals surface area contributed by atoms with Crippen LogP contribution in [0, 0.1) is 0 Å². The van der Waals surface area contributed by atoms with Crippen molar-refractivity contribution in [3.63, 3.8) is 0 Å². The summed E-state index contributed by atoms with van der Waals surface area (Å²) in [6.45, 7) is -0.226. The number of likely N-dealkylation sites (N-methyl/N-ethyl adjacent to an activating group) is 1. The molecule has 0 atom stereocenters. The Kier molecular flexibility index (Phi) is 8.76. The van der Waals surface area contributed by atoms with E-state index in [0.717, 1.165) is 12.6 Å². The number of halogens is 3. The Morgan fingerprint density at radius 2 is 1.92 bits per heavy atom. The smallest absolute Gasteiger partial charge is 0.375 e. The normalized spacial score (nSPS) is 12.0. The molecule has 0 spiro atoms. The molecule has 0 unspecified atom stereocenters. The molecule has 0 radical (unpaired) electrons. The van der Waals surface area contributed by atoms with Crippen LogP contribution in [0.4, 0.5) is 13.2 Å². The minimum atomic E-state index is -4.42. The van der Waals surface area contributed by atoms with Crippen LogP contribution in [-0.4, -0.2) is 63.3 Å². The number of benzene rings is 1. The summed E-state index contributed by atoms with van der Waals surface area (Å²) in [6.07, 6.45) is -4.42. The number of carbonyl (C=O) groups is 1. The molecular formula is C16H23F3N4O2. The fourth-order valence-electron chi connectivity index (χ4n) is 1.88. The number of carbonyl (C=O) groups excluding carboxylic acids is 1. The van der Waals surface area contributed by atoms with Gasteiger partial charge in [-0.3, -0.25) is 9.79 Å². The van der Waals surface area contributed by atoms with Crippen molar-refractivity contribution in [3.8, 4) is 0 Å². The minimum absolute atomic E-state index is 0.281. The van der Waals surface area contributed by atoms with Crippen molar-refractivity contribution in [2.75, 3.05) is 40.3 Å². The highest BCUT2D eigenvalue weighted by atomic mass is 19.4. The van der Waals surface area contributed by atoms with Gasteiger partial charge in [0.05, 0.1) is 19.8 Å². The van der Waals surface area contributed by atoms with Crippen molar-refractivity contribution in [2.45, 2.75) is 12.8 Å². The number of amides is 1. The summed E-state index contributed by atoms with van der Waals surface area (Å²) in [5.74, 6) is -0.363. The fourth-order valence-corrected chi connectivity index (χ4v) is 1.88. The second kappa shape index (κ2) is 10.5. The molecule has 0 bridgehead atoms. The van der Waals surface area contributed by atoms with Gasteiger partial charge in [-0.1, -0.05) is 30.3 Å². The SMILES string of the molecule is CN=C(NCCOCc1ccccc1)NCC(=O)N(C)CC(F)(F)F. The molecule has 0 saturated heterocycles. The molecule has 6 nitrogen and oxygen atoms in total. The molecule has 0 fully saturated rings. The van der Waals surface area contributed by atoms with Crippen LogP contribution in [0.1, 0.15) is 5.56 Å². The Morgan fingerprint density at radius 3 is 2.52 bits per heavy atom. The van der Waals surface area contributed by atoms with Gasteiger partial charge in [0.2, 0.25) is 5.91 Å². The molecule has 1 aromatic carbocycles. The van der Waals surface area contributed by atoms with Crippen LogP contribution in [0.15, 0.2) is 35.3 Å². The lowest BCUT2D eigenvalue weighted by atomic mass is 10.2. The Morgan fingerprint density at radius 1 is 1.24 bits per heavy atom. The summed E-state index contributed by atoms with van der Waals surface area (Å²) in [4.78, 5) is 16.1. The standard InChI is InChI=1S/C16H23F3N4O2/c1-20-15(22-10-14(24)23(2)12-16(17,18)19)21-8-9-25-11-13-6-4-3-5-7-13/h3-7H,8-12H2,1-2H3,(H2,20,21,22). The number of nitrogens with one attached hydrogen (secondary N) is 2. The van der Waals surface area contributed by atoms with Crippen molar-refractivity contribution in [3.05, 3.63) is 35.9 Å². The van der Waals surface area contributed by atoms with Gasteiger partial charge in [0.1, 0.15) is 6.54 Å². The highest BCUT2D eigenvalue weighted by Gasteiger charge is 2.31. The number of hydrogen-bond acceptors (Lipinski definition) is 3. The maximum atomic E-state index is 12.2. The number of ether oxygens (including phenoxy) is 1. The largest absolute Gasteiger partial charge is 0.406 e. The van der Waals surface area contributed by atoms with Crippen LogP contribution in [0.2, 0.25) is 0 Å². The number of nitrogens with zero attached hydrogens (tertiary/aromatic N) is 2. The minimum Gasteiger partial charge on any atom is -0.375 e. The Bertz CT molecular complexity index is 550. The van der Waals surface area contributed by atoms with E-state index in [4.69, 9.17) is 4.74 Å². The summed E-state index contributed by atoms with van der Waals surface area (Å²) < 4.78 is 42.2. The molecule has 9 heteroatoms. The summed E-state index contributed by atoms with van der Waals surface area (Å²) in [5.41, 5.74) is 1.06. The third kappa shape index (κ3) is 9.55. The highest BCUT2D eigenvalue weighted by molar-refractivity contribution is 5.86. The zero-order valence-corrected chi connectivity index (χ0v) is 14.3. The first-order valence-corrected chi connectivity index (χ1v) is 7.68. The van der Waals surface area contributed by atoms with E-state index >= 15 is 0 Å². The summed E-state index contributed by atoms with van der Waals surface area (Å²) in [6, 6.07) is 9.69. The summed E-state index contributed by atoms with van der Waals surface area (Å²) in [7, 11) is 2.61. The fraction of sp³-hybridized carbons (Fsp3) is 0.500. The van der Waals surface area contributed by atoms with E-state index in [0.29, 0.717) is 30.6 Å². The molecule has 1 aromatic rings. The lowest BCUT2D eigenvalue weighted by Crippen LogP contribution is -2.46. The van der Waals surface area contributed by atoms with Crippen molar-refractivity contribution in [1.82, 2.24) is 15.5 Å². The zero-order valence-electron chi connectivity index (χ0n) is 14.3. The maximum absolute atomic E-state index is 12.2. The second-order valence-corrected chi connectivity index (χ2v) is 5.26. The molecule has 0 saturated carbocycles. The second-order valence-electron chi connectivity index (χ2n) is 5.26. The van der Waals surface area contributed by atoms with Gasteiger partial charge in [0.25, 0.3) is 0 Å². The number of rotatable bonds is 8. The molecule has 25 heavy (non-hydrogen) atoms. The van der Waals surface area contributed by atoms with Crippen LogP contribution in [0.3, 0.4) is 0 Å². The van der Waals surface area contributed by atoms with Crippen LogP contribution < -0.4 is 10.6 Å². The summed E-state index contributed by atoms with van der Waals surface area (Å²) in [5, 5.41) is 5.59. The lowest BCUT2D eigenvalue weighted by molar-refractivity contribution is -0.157. The molecule has 2 N–H and O–H groups in total. The molecule has 0 aromatic heterocycles. The van der Waals surface area contributed by atoms with Crippen LogP contribution in [-0.2, 0) is 16.1 Å². The Hall–Kier alpha value is -2.29. The van der Waals surface area contributed by atoms with Crippen molar-refractivity contribution >= 4 is 11.9 Å². The maximum Gasteiger partial charge on any atom is 0.406 e. The van der Waals surface area contributed by atoms with Gasteiger partial charge < -0.3 is 20.3 Å². The van der Waals surface area contributed by atoms with Gasteiger partial charge in [-0.05, 0) is 5.56 Å². The topological polar surface area (TPSA) is 66.0 Å². The van der Waals surface area contributed by atoms with E-state index in [2.05, 4.69) is 15.6 Å². The first kappa shape index (κ1) is 20.8. The molecule has 0 aliphatic rings. The quantitative estimate of drug-likeness (QED) is 0.418. The van der Waals surface area contributed by atoms with E-state index in [1.807, 2.05) is 30.3 Å². The van der Waals surface area contributed by atoms with Crippen LogP contribution in [0.25, 0.3) is 0 Å². The van der Waals surface area contributed by atoms with Crippen LogP contribution in [0.5, 0.6) is 0 Å². The van der Waals surface area contributed by atoms with E-state index in [1.165, 1.54) is 7.05 Å². The Labute approximate surface area is 145 Å². The third-order valence-electron chi connectivity index (χ3n) is 3.12. The Balaban J connectivity index is 2.20. The van der Waals surface area contributed by atoms with Gasteiger partial charge in [0.15, 0.2) is 5.96 Å². The van der Waals surface area contributed by atoms with E-state index in [1.54, 1.807) is 0 Å². The van der Waals surface area contributed by atoms with Gasteiger partial charge in [-0.15, -0.1) is 0 Å². The molecular weight excluding hydrogens is 337 g/mol. The van der Waals surface area contributed by atoms with Crippen molar-refractivity contribution in [2.24, 2.45) is 4.99 Å². The molecule has 0 heterocycles. The number of guanidine groups is 1. The first-order chi connectivity index (χ1) is 11.8. The lowest BCUT2D eigenvalue weighted by Gasteiger charge is -2.20. The molecule has 1 rings (SSSR count). The number of alkyl halides is 3. The predicted octanol–water partition coefficient (Wildman–Crippen LogP) is 1.39. The van der Waals surface area contributed by atoms with Gasteiger partial charge in [-0.25, -0.2) is 0 Å². The van der Waals surface area contributed by atoms with Crippen molar-refractivity contribution < 1.29 is 22.7 Å². The summed E-state index contributed by atoms with van der Waals surface area (Å²) >= 11 is 0. The number of hydrogen-bond donors (Lipinski definition) is 2. The van der Waals surface area contributed by atoms with E-state index in [-0.39, 0.29) is 6.54 Å². The number of aliphatic imine (C=N–C) groups is 1. The first-order valence-electron chi connectivity index (χ1n) is 7.68. The molecule has 140 valence electrons. The average Bonchev–Trinajstić information content (AvgIpc) is 2.56. The predicted molar refractivity (Wildman–Crippen MR) is 89.2 cm³/mol. The highest BCUT2D eigenvalue weighted by Crippen LogP contribution is 2.15. The van der Waals surface area contributed by atoms with Crippen LogP contribution >= 0.6 is 0 Å². The van der Waals surface area contributed by atoms with Gasteiger partial charge >= 0.3 is 6.18 Å². The molecule has 0 aliphatic heterocycles. The third-order valence-corrected chi connectivity index (χ3v) is 3.12. The monoisotopic (exact) mass is 360 g/mol. The van der Waals surface area contributed by atoms with E-state index in [9.17, 15) is 18.0 Å². The molecule has 1 amide bonds. The van der Waals surface area contributed by atoms with Gasteiger partial charge in [-0.2, -0.15) is 13.2 Å². The van der Waals surface area contributed by atoms with Crippen molar-refractivity contribution in [1.29, 1.82) is 0 Å². The average molecular weight is 360 g/mol. The van der Waals surface area contributed by atoms with E-state index < -0.39 is 18.6 Å². The zero-order chi connectivity index (χ0) is 18.7. The van der Waals surface area contributed by atoms with Gasteiger partial charge in [0, 0.05) is 20.6 Å².